The zero-order chi connectivity index (χ0) is 20.8. The monoisotopic (exact) mass is 396 g/mol. The van der Waals surface area contributed by atoms with E-state index in [1.165, 1.54) is 17.0 Å². The molecule has 0 atom stereocenters. The number of aromatic nitrogens is 1. The predicted molar refractivity (Wildman–Crippen MR) is 110 cm³/mol. The molecule has 1 heterocycles. The van der Waals surface area contributed by atoms with Gasteiger partial charge in [-0.1, -0.05) is 37.3 Å². The van der Waals surface area contributed by atoms with Crippen molar-refractivity contribution in [2.75, 3.05) is 6.54 Å². The first-order valence-electron chi connectivity index (χ1n) is 9.78. The molecular formula is C23H25FN2O3. The Hall–Kier alpha value is -3.15. The Kier molecular flexibility index (Phi) is 6.65. The van der Waals surface area contributed by atoms with Gasteiger partial charge < -0.3 is 14.6 Å². The molecule has 29 heavy (non-hydrogen) atoms. The highest BCUT2D eigenvalue weighted by atomic mass is 19.1. The fourth-order valence-electron chi connectivity index (χ4n) is 3.55. The number of amides is 1. The van der Waals surface area contributed by atoms with E-state index in [0.717, 1.165) is 29.4 Å². The maximum atomic E-state index is 13.1. The number of carbonyl (C=O) groups excluding carboxylic acids is 1. The normalized spacial score (nSPS) is 11.0. The standard InChI is InChI=1S/C23H25FN2O3/c1-2-13-25-15-18(20-5-3-4-6-21(20)25)9-12-22(27)26(16-23(28)29)14-17-7-10-19(24)11-8-17/h3-8,10-11,15H,2,9,12-14,16H2,1H3,(H,28,29). The van der Waals surface area contributed by atoms with E-state index in [0.29, 0.717) is 12.0 Å². The Bertz CT molecular complexity index is 995. The second-order valence-electron chi connectivity index (χ2n) is 7.13. The van der Waals surface area contributed by atoms with E-state index < -0.39 is 5.97 Å². The molecule has 0 saturated heterocycles. The highest BCUT2D eigenvalue weighted by molar-refractivity contribution is 5.85. The van der Waals surface area contributed by atoms with Crippen LogP contribution < -0.4 is 0 Å². The van der Waals surface area contributed by atoms with Crippen molar-refractivity contribution in [1.29, 1.82) is 0 Å². The number of aryl methyl sites for hydroxylation is 2. The molecule has 3 rings (SSSR count). The first-order chi connectivity index (χ1) is 14.0. The number of rotatable bonds is 9. The first kappa shape index (κ1) is 20.6. The van der Waals surface area contributed by atoms with E-state index in [2.05, 4.69) is 29.8 Å². The lowest BCUT2D eigenvalue weighted by Gasteiger charge is -2.21. The Morgan fingerprint density at radius 2 is 1.83 bits per heavy atom. The van der Waals surface area contributed by atoms with Crippen molar-refractivity contribution in [2.45, 2.75) is 39.3 Å². The van der Waals surface area contributed by atoms with Gasteiger partial charge in [0, 0.05) is 36.6 Å². The molecule has 0 radical (unpaired) electrons. The molecule has 6 heteroatoms. The molecule has 0 aliphatic carbocycles. The van der Waals surface area contributed by atoms with E-state index in [-0.39, 0.29) is 31.2 Å². The van der Waals surface area contributed by atoms with Gasteiger partial charge in [-0.25, -0.2) is 4.39 Å². The lowest BCUT2D eigenvalue weighted by atomic mass is 10.1. The van der Waals surface area contributed by atoms with Crippen molar-refractivity contribution in [3.8, 4) is 0 Å². The van der Waals surface area contributed by atoms with Crippen LogP contribution in [0, 0.1) is 5.82 Å². The van der Waals surface area contributed by atoms with Crippen LogP contribution in [0.3, 0.4) is 0 Å². The average Bonchev–Trinajstić information content (AvgIpc) is 3.05. The molecule has 0 bridgehead atoms. The lowest BCUT2D eigenvalue weighted by molar-refractivity contribution is -0.144. The molecule has 152 valence electrons. The quantitative estimate of drug-likeness (QED) is 0.589. The topological polar surface area (TPSA) is 62.5 Å². The highest BCUT2D eigenvalue weighted by Gasteiger charge is 2.18. The zero-order valence-corrected chi connectivity index (χ0v) is 16.5. The molecule has 1 N–H and O–H groups in total. The summed E-state index contributed by atoms with van der Waals surface area (Å²) in [5.74, 6) is -1.67. The van der Waals surface area contributed by atoms with Gasteiger partial charge in [0.1, 0.15) is 12.4 Å². The summed E-state index contributed by atoms with van der Waals surface area (Å²) in [6.07, 6.45) is 3.86. The van der Waals surface area contributed by atoms with Gasteiger partial charge in [0.15, 0.2) is 0 Å². The number of para-hydroxylation sites is 1. The Morgan fingerprint density at radius 3 is 2.52 bits per heavy atom. The average molecular weight is 396 g/mol. The lowest BCUT2D eigenvalue weighted by Crippen LogP contribution is -2.35. The van der Waals surface area contributed by atoms with Gasteiger partial charge >= 0.3 is 5.97 Å². The predicted octanol–water partition coefficient (Wildman–Crippen LogP) is 4.24. The van der Waals surface area contributed by atoms with Gasteiger partial charge in [0.25, 0.3) is 0 Å². The van der Waals surface area contributed by atoms with Crippen LogP contribution in [-0.4, -0.2) is 33.0 Å². The Balaban J connectivity index is 1.73. The van der Waals surface area contributed by atoms with Crippen molar-refractivity contribution in [3.63, 3.8) is 0 Å². The van der Waals surface area contributed by atoms with Crippen LogP contribution in [0.15, 0.2) is 54.7 Å². The number of carboxylic acid groups (broad SMARTS) is 1. The van der Waals surface area contributed by atoms with E-state index >= 15 is 0 Å². The molecule has 0 aliphatic heterocycles. The van der Waals surface area contributed by atoms with Crippen molar-refractivity contribution < 1.29 is 19.1 Å². The van der Waals surface area contributed by atoms with Crippen LogP contribution in [0.4, 0.5) is 4.39 Å². The van der Waals surface area contributed by atoms with E-state index in [1.54, 1.807) is 12.1 Å². The minimum atomic E-state index is -1.07. The second kappa shape index (κ2) is 9.37. The van der Waals surface area contributed by atoms with Gasteiger partial charge in [0.2, 0.25) is 5.91 Å². The Morgan fingerprint density at radius 1 is 1.10 bits per heavy atom. The number of hydrogen-bond acceptors (Lipinski definition) is 2. The van der Waals surface area contributed by atoms with Gasteiger partial charge in [-0.05, 0) is 42.2 Å². The van der Waals surface area contributed by atoms with Crippen LogP contribution in [0.25, 0.3) is 10.9 Å². The van der Waals surface area contributed by atoms with E-state index in [9.17, 15) is 19.1 Å². The smallest absolute Gasteiger partial charge is 0.323 e. The summed E-state index contributed by atoms with van der Waals surface area (Å²) in [5, 5.41) is 10.3. The molecule has 0 fully saturated rings. The second-order valence-corrected chi connectivity index (χ2v) is 7.13. The fraction of sp³-hybridized carbons (Fsp3) is 0.304. The summed E-state index contributed by atoms with van der Waals surface area (Å²) in [7, 11) is 0. The molecule has 0 aliphatic rings. The van der Waals surface area contributed by atoms with Crippen molar-refractivity contribution in [1.82, 2.24) is 9.47 Å². The number of hydrogen-bond donors (Lipinski definition) is 1. The zero-order valence-electron chi connectivity index (χ0n) is 16.5. The van der Waals surface area contributed by atoms with Crippen LogP contribution >= 0.6 is 0 Å². The van der Waals surface area contributed by atoms with Crippen molar-refractivity contribution in [2.24, 2.45) is 0 Å². The van der Waals surface area contributed by atoms with Gasteiger partial charge in [-0.2, -0.15) is 0 Å². The van der Waals surface area contributed by atoms with Crippen molar-refractivity contribution >= 4 is 22.8 Å². The number of aliphatic carboxylic acids is 1. The third-order valence-corrected chi connectivity index (χ3v) is 4.91. The summed E-state index contributed by atoms with van der Waals surface area (Å²) in [5.41, 5.74) is 2.92. The van der Waals surface area contributed by atoms with Crippen LogP contribution in [-0.2, 0) is 29.1 Å². The molecule has 3 aromatic rings. The van der Waals surface area contributed by atoms with Crippen LogP contribution in [0.5, 0.6) is 0 Å². The summed E-state index contributed by atoms with van der Waals surface area (Å²) in [6.45, 7) is 2.79. The molecule has 1 amide bonds. The maximum Gasteiger partial charge on any atom is 0.323 e. The third kappa shape index (κ3) is 5.22. The summed E-state index contributed by atoms with van der Waals surface area (Å²) < 4.78 is 15.3. The van der Waals surface area contributed by atoms with Crippen molar-refractivity contribution in [3.05, 3.63) is 71.7 Å². The number of carbonyl (C=O) groups is 2. The minimum Gasteiger partial charge on any atom is -0.480 e. The van der Waals surface area contributed by atoms with Gasteiger partial charge in [-0.15, -0.1) is 0 Å². The minimum absolute atomic E-state index is 0.142. The molecule has 0 unspecified atom stereocenters. The van der Waals surface area contributed by atoms with Crippen LogP contribution in [0.1, 0.15) is 30.9 Å². The van der Waals surface area contributed by atoms with Gasteiger partial charge in [0.05, 0.1) is 0 Å². The summed E-state index contributed by atoms with van der Waals surface area (Å²) in [4.78, 5) is 25.3. The van der Waals surface area contributed by atoms with E-state index in [4.69, 9.17) is 0 Å². The number of halogens is 1. The number of carboxylic acids is 1. The van der Waals surface area contributed by atoms with Gasteiger partial charge in [-0.3, -0.25) is 9.59 Å². The molecule has 0 spiro atoms. The summed E-state index contributed by atoms with van der Waals surface area (Å²) >= 11 is 0. The number of benzene rings is 2. The third-order valence-electron chi connectivity index (χ3n) is 4.91. The van der Waals surface area contributed by atoms with E-state index in [1.807, 2.05) is 12.1 Å². The maximum absolute atomic E-state index is 13.1. The largest absolute Gasteiger partial charge is 0.480 e. The number of fused-ring (bicyclic) bond motifs is 1. The Labute approximate surface area is 169 Å². The molecule has 1 aromatic heterocycles. The molecule has 2 aromatic carbocycles. The highest BCUT2D eigenvalue weighted by Crippen LogP contribution is 2.23. The molecule has 5 nitrogen and oxygen atoms in total. The SMILES string of the molecule is CCCn1cc(CCC(=O)N(CC(=O)O)Cc2ccc(F)cc2)c2ccccc21. The molecule has 0 saturated carbocycles. The fourth-order valence-corrected chi connectivity index (χ4v) is 3.55. The first-order valence-corrected chi connectivity index (χ1v) is 9.78. The number of nitrogens with zero attached hydrogens (tertiary/aromatic N) is 2. The molecular weight excluding hydrogens is 371 g/mol. The summed E-state index contributed by atoms with van der Waals surface area (Å²) in [6, 6.07) is 13.8. The van der Waals surface area contributed by atoms with Crippen LogP contribution in [0.2, 0.25) is 0 Å².